The Kier molecular flexibility index (Phi) is 10.9. The standard InChI is InChI=1S/C17H28N2O2/c1-5-8-9-11-15(12-13-20)18-14(4)16(10-6-2)19-17(21)7-3/h5-6,13,15-16,18H,1-2,4,7-12H2,3H3,(H,19,21)/t15-,16?/m0/s1. The Bertz CT molecular complexity index is 364. The van der Waals surface area contributed by atoms with Crippen molar-refractivity contribution in [2.24, 2.45) is 0 Å². The summed E-state index contributed by atoms with van der Waals surface area (Å²) in [6.45, 7) is 13.2. The lowest BCUT2D eigenvalue weighted by Gasteiger charge is -2.25. The molecule has 0 rings (SSSR count). The average molecular weight is 292 g/mol. The van der Waals surface area contributed by atoms with E-state index >= 15 is 0 Å². The Hall–Kier alpha value is -1.84. The van der Waals surface area contributed by atoms with Crippen LogP contribution >= 0.6 is 0 Å². The third kappa shape index (κ3) is 8.84. The van der Waals surface area contributed by atoms with Crippen LogP contribution in [-0.4, -0.2) is 24.3 Å². The zero-order chi connectivity index (χ0) is 16.1. The van der Waals surface area contributed by atoms with Gasteiger partial charge in [-0.25, -0.2) is 0 Å². The number of rotatable bonds is 13. The van der Waals surface area contributed by atoms with Gasteiger partial charge in [0.2, 0.25) is 5.91 Å². The lowest BCUT2D eigenvalue weighted by molar-refractivity contribution is -0.121. The molecule has 1 amide bonds. The van der Waals surface area contributed by atoms with Crippen LogP contribution in [0.25, 0.3) is 0 Å². The van der Waals surface area contributed by atoms with Crippen LogP contribution in [0.5, 0.6) is 0 Å². The molecule has 0 aliphatic carbocycles. The van der Waals surface area contributed by atoms with Gasteiger partial charge in [-0.1, -0.05) is 25.7 Å². The summed E-state index contributed by atoms with van der Waals surface area (Å²) in [5, 5.41) is 6.17. The van der Waals surface area contributed by atoms with Gasteiger partial charge in [0.05, 0.1) is 6.04 Å². The van der Waals surface area contributed by atoms with E-state index in [0.717, 1.165) is 31.2 Å². The number of hydrogen-bond acceptors (Lipinski definition) is 3. The molecule has 2 atom stereocenters. The lowest BCUT2D eigenvalue weighted by atomic mass is 10.0. The fourth-order valence-electron chi connectivity index (χ4n) is 1.99. The van der Waals surface area contributed by atoms with Gasteiger partial charge in [0.25, 0.3) is 0 Å². The molecule has 0 bridgehead atoms. The first-order valence-electron chi connectivity index (χ1n) is 7.49. The molecule has 4 nitrogen and oxygen atoms in total. The molecule has 0 aromatic rings. The number of aldehydes is 1. The molecule has 4 heteroatoms. The number of carbonyl (C=O) groups is 2. The van der Waals surface area contributed by atoms with Crippen LogP contribution < -0.4 is 10.6 Å². The second-order valence-corrected chi connectivity index (χ2v) is 4.99. The summed E-state index contributed by atoms with van der Waals surface area (Å²) >= 11 is 0. The highest BCUT2D eigenvalue weighted by atomic mass is 16.1. The van der Waals surface area contributed by atoms with Crippen LogP contribution in [0, 0.1) is 0 Å². The SMILES string of the molecule is C=CCCC[C@@H](CC=O)NC(=C)C(CC=C)NC(=O)CC. The van der Waals surface area contributed by atoms with Gasteiger partial charge in [0, 0.05) is 24.6 Å². The van der Waals surface area contributed by atoms with Gasteiger partial charge in [-0.15, -0.1) is 13.2 Å². The van der Waals surface area contributed by atoms with Crippen molar-refractivity contribution < 1.29 is 9.59 Å². The Morgan fingerprint density at radius 1 is 1.19 bits per heavy atom. The van der Waals surface area contributed by atoms with E-state index in [0.29, 0.717) is 19.3 Å². The van der Waals surface area contributed by atoms with Crippen molar-refractivity contribution in [1.29, 1.82) is 0 Å². The zero-order valence-electron chi connectivity index (χ0n) is 13.1. The number of nitrogens with one attached hydrogen (secondary N) is 2. The zero-order valence-corrected chi connectivity index (χ0v) is 13.1. The molecule has 118 valence electrons. The highest BCUT2D eigenvalue weighted by Crippen LogP contribution is 2.10. The Labute approximate surface area is 128 Å². The van der Waals surface area contributed by atoms with E-state index in [1.54, 1.807) is 13.0 Å². The fourth-order valence-corrected chi connectivity index (χ4v) is 1.99. The van der Waals surface area contributed by atoms with Gasteiger partial charge < -0.3 is 15.4 Å². The van der Waals surface area contributed by atoms with Crippen molar-refractivity contribution in [3.63, 3.8) is 0 Å². The van der Waals surface area contributed by atoms with Crippen LogP contribution in [0.15, 0.2) is 37.6 Å². The molecule has 0 aromatic heterocycles. The highest BCUT2D eigenvalue weighted by Gasteiger charge is 2.16. The molecule has 0 radical (unpaired) electrons. The predicted octanol–water partition coefficient (Wildman–Crippen LogP) is 2.87. The minimum Gasteiger partial charge on any atom is -0.384 e. The van der Waals surface area contributed by atoms with E-state index in [4.69, 9.17) is 0 Å². The van der Waals surface area contributed by atoms with E-state index in [1.807, 2.05) is 6.08 Å². The molecule has 0 saturated carbocycles. The summed E-state index contributed by atoms with van der Waals surface area (Å²) in [4.78, 5) is 22.3. The van der Waals surface area contributed by atoms with Gasteiger partial charge >= 0.3 is 0 Å². The molecule has 0 heterocycles. The van der Waals surface area contributed by atoms with Crippen LogP contribution in [0.2, 0.25) is 0 Å². The van der Waals surface area contributed by atoms with Gasteiger partial charge in [-0.3, -0.25) is 4.79 Å². The number of hydrogen-bond donors (Lipinski definition) is 2. The van der Waals surface area contributed by atoms with E-state index in [1.165, 1.54) is 0 Å². The molecule has 0 aliphatic rings. The second kappa shape index (κ2) is 11.9. The molecule has 0 spiro atoms. The molecule has 21 heavy (non-hydrogen) atoms. The largest absolute Gasteiger partial charge is 0.384 e. The summed E-state index contributed by atoms with van der Waals surface area (Å²) in [5.74, 6) is -0.0246. The van der Waals surface area contributed by atoms with Crippen LogP contribution in [-0.2, 0) is 9.59 Å². The first kappa shape index (κ1) is 19.2. The van der Waals surface area contributed by atoms with Crippen molar-refractivity contribution in [2.45, 2.75) is 57.5 Å². The Balaban J connectivity index is 4.56. The maximum atomic E-state index is 11.5. The normalized spacial score (nSPS) is 12.8. The number of unbranched alkanes of at least 4 members (excludes halogenated alkanes) is 1. The summed E-state index contributed by atoms with van der Waals surface area (Å²) in [7, 11) is 0. The van der Waals surface area contributed by atoms with Crippen LogP contribution in [0.4, 0.5) is 0 Å². The van der Waals surface area contributed by atoms with Gasteiger partial charge in [0.1, 0.15) is 6.29 Å². The maximum absolute atomic E-state index is 11.5. The molecule has 0 aliphatic heterocycles. The van der Waals surface area contributed by atoms with E-state index in [2.05, 4.69) is 30.4 Å². The highest BCUT2D eigenvalue weighted by molar-refractivity contribution is 5.76. The number of allylic oxidation sites excluding steroid dienone is 1. The minimum atomic E-state index is -0.191. The monoisotopic (exact) mass is 292 g/mol. The van der Waals surface area contributed by atoms with E-state index in [9.17, 15) is 9.59 Å². The fraction of sp³-hybridized carbons (Fsp3) is 0.529. The number of carbonyl (C=O) groups excluding carboxylic acids is 2. The van der Waals surface area contributed by atoms with Gasteiger partial charge in [-0.05, 0) is 25.7 Å². The summed E-state index contributed by atoms with van der Waals surface area (Å²) < 4.78 is 0. The smallest absolute Gasteiger partial charge is 0.220 e. The van der Waals surface area contributed by atoms with Crippen molar-refractivity contribution >= 4 is 12.2 Å². The molecule has 2 N–H and O–H groups in total. The minimum absolute atomic E-state index is 0.0246. The van der Waals surface area contributed by atoms with Crippen LogP contribution in [0.1, 0.15) is 45.4 Å². The van der Waals surface area contributed by atoms with Crippen molar-refractivity contribution in [1.82, 2.24) is 10.6 Å². The van der Waals surface area contributed by atoms with Crippen molar-refractivity contribution in [3.05, 3.63) is 37.6 Å². The first-order chi connectivity index (χ1) is 10.1. The van der Waals surface area contributed by atoms with E-state index in [-0.39, 0.29) is 18.0 Å². The Morgan fingerprint density at radius 2 is 1.90 bits per heavy atom. The molecule has 1 unspecified atom stereocenters. The third-order valence-corrected chi connectivity index (χ3v) is 3.21. The average Bonchev–Trinajstić information content (AvgIpc) is 2.46. The molecule has 0 aromatic carbocycles. The quantitative estimate of drug-likeness (QED) is 0.312. The maximum Gasteiger partial charge on any atom is 0.220 e. The summed E-state index contributed by atoms with van der Waals surface area (Å²) in [5.41, 5.74) is 0.724. The lowest BCUT2D eigenvalue weighted by Crippen LogP contribution is -2.42. The van der Waals surface area contributed by atoms with Crippen molar-refractivity contribution in [2.75, 3.05) is 0 Å². The van der Waals surface area contributed by atoms with Crippen molar-refractivity contribution in [3.8, 4) is 0 Å². The van der Waals surface area contributed by atoms with Crippen LogP contribution in [0.3, 0.4) is 0 Å². The summed E-state index contributed by atoms with van der Waals surface area (Å²) in [6, 6.07) is -0.149. The number of amides is 1. The predicted molar refractivity (Wildman–Crippen MR) is 87.8 cm³/mol. The second-order valence-electron chi connectivity index (χ2n) is 4.99. The Morgan fingerprint density at radius 3 is 2.43 bits per heavy atom. The summed E-state index contributed by atoms with van der Waals surface area (Å²) in [6.07, 6.45) is 8.75. The first-order valence-corrected chi connectivity index (χ1v) is 7.49. The van der Waals surface area contributed by atoms with Gasteiger partial charge in [-0.2, -0.15) is 0 Å². The third-order valence-electron chi connectivity index (χ3n) is 3.21. The van der Waals surface area contributed by atoms with E-state index < -0.39 is 0 Å². The molecular formula is C17H28N2O2. The molecular weight excluding hydrogens is 264 g/mol. The molecule has 0 saturated heterocycles. The van der Waals surface area contributed by atoms with Gasteiger partial charge in [0.15, 0.2) is 0 Å². The topological polar surface area (TPSA) is 58.2 Å². The molecule has 0 fully saturated rings.